The van der Waals surface area contributed by atoms with Gasteiger partial charge in [-0.1, -0.05) is 24.6 Å². The van der Waals surface area contributed by atoms with Gasteiger partial charge >= 0.3 is 5.97 Å². The fourth-order valence-corrected chi connectivity index (χ4v) is 4.36. The Morgan fingerprint density at radius 2 is 2.00 bits per heavy atom. The number of hydrogen-bond donors (Lipinski definition) is 1. The largest absolute Gasteiger partial charge is 0.490 e. The zero-order valence-electron chi connectivity index (χ0n) is 20.7. The molecule has 0 spiro atoms. The lowest BCUT2D eigenvalue weighted by Gasteiger charge is -2.23. The molecule has 0 saturated heterocycles. The molecular weight excluding hydrogens is 485 g/mol. The van der Waals surface area contributed by atoms with Crippen molar-refractivity contribution in [3.8, 4) is 16.9 Å². The van der Waals surface area contributed by atoms with Crippen LogP contribution in [0.1, 0.15) is 61.2 Å². The highest BCUT2D eigenvalue weighted by atomic mass is 35.5. The Kier molecular flexibility index (Phi) is 7.12. The van der Waals surface area contributed by atoms with E-state index >= 15 is 4.39 Å². The van der Waals surface area contributed by atoms with Gasteiger partial charge in [-0.15, -0.1) is 0 Å². The van der Waals surface area contributed by atoms with Gasteiger partial charge in [0.25, 0.3) is 0 Å². The van der Waals surface area contributed by atoms with E-state index in [1.165, 1.54) is 12.3 Å². The third-order valence-electron chi connectivity index (χ3n) is 5.73. The molecule has 4 aromatic rings. The number of pyridine rings is 1. The Labute approximate surface area is 213 Å². The van der Waals surface area contributed by atoms with Crippen LogP contribution in [-0.2, 0) is 4.74 Å². The van der Waals surface area contributed by atoms with E-state index in [2.05, 4.69) is 9.97 Å². The summed E-state index contributed by atoms with van der Waals surface area (Å²) in [5, 5.41) is -0.0730. The van der Waals surface area contributed by atoms with E-state index in [1.807, 2.05) is 32.1 Å². The fraction of sp³-hybridized carbons (Fsp3) is 0.308. The second-order valence-electron chi connectivity index (χ2n) is 8.59. The molecule has 4 rings (SSSR count). The highest BCUT2D eigenvalue weighted by Gasteiger charge is 2.28. The van der Waals surface area contributed by atoms with Crippen molar-refractivity contribution in [2.24, 2.45) is 0 Å². The van der Waals surface area contributed by atoms with E-state index < -0.39 is 11.8 Å². The summed E-state index contributed by atoms with van der Waals surface area (Å²) in [5.41, 5.74) is 8.84. The lowest BCUT2D eigenvalue weighted by Crippen LogP contribution is -2.13. The zero-order valence-corrected chi connectivity index (χ0v) is 21.4. The number of esters is 1. The SMILES string of the molecule is CCOC(=O)c1ccc(-c2c(F)c(Cl)cc([C@H](C)c3nc(C)c4c(N)nccn34)c2OC(C)C)cn1. The van der Waals surface area contributed by atoms with Crippen molar-refractivity contribution in [2.45, 2.75) is 46.6 Å². The monoisotopic (exact) mass is 511 g/mol. The number of anilines is 1. The molecule has 0 amide bonds. The number of carbonyl (C=O) groups is 1. The van der Waals surface area contributed by atoms with Crippen molar-refractivity contribution >= 4 is 28.9 Å². The number of halogens is 2. The standard InChI is InChI=1S/C26H27ClFN5O3/c1-6-35-26(34)19-8-7-16(12-31-19)20-21(28)18(27)11-17(23(20)36-13(2)3)14(4)25-32-15(5)22-24(29)30-9-10-33(22)25/h7-14H,6H2,1-5H3,(H2,29,30)/t14-/m0/s1. The van der Waals surface area contributed by atoms with Crippen molar-refractivity contribution < 1.29 is 18.7 Å². The number of imidazole rings is 1. The Bertz CT molecular complexity index is 1440. The number of fused-ring (bicyclic) bond motifs is 1. The third kappa shape index (κ3) is 4.58. The van der Waals surface area contributed by atoms with Crippen LogP contribution in [0.2, 0.25) is 5.02 Å². The minimum absolute atomic E-state index is 0.0730. The van der Waals surface area contributed by atoms with Gasteiger partial charge in [0.05, 0.1) is 29.0 Å². The average Bonchev–Trinajstić information content (AvgIpc) is 3.18. The maximum absolute atomic E-state index is 15.6. The zero-order chi connectivity index (χ0) is 26.1. The molecule has 3 heterocycles. The van der Waals surface area contributed by atoms with Crippen molar-refractivity contribution in [1.29, 1.82) is 0 Å². The maximum atomic E-state index is 15.6. The molecule has 10 heteroatoms. The van der Waals surface area contributed by atoms with Crippen LogP contribution in [0.5, 0.6) is 5.75 Å². The maximum Gasteiger partial charge on any atom is 0.356 e. The number of aryl methyl sites for hydroxylation is 1. The molecular formula is C26H27ClFN5O3. The van der Waals surface area contributed by atoms with Gasteiger partial charge in [0.15, 0.2) is 5.82 Å². The Balaban J connectivity index is 1.91. The van der Waals surface area contributed by atoms with Crippen LogP contribution in [0.4, 0.5) is 10.2 Å². The lowest BCUT2D eigenvalue weighted by atomic mass is 9.93. The number of nitrogens with two attached hydrogens (primary N) is 1. The number of nitrogens with zero attached hydrogens (tertiary/aromatic N) is 4. The fourth-order valence-electron chi connectivity index (χ4n) is 4.15. The van der Waals surface area contributed by atoms with Crippen LogP contribution >= 0.6 is 11.6 Å². The minimum Gasteiger partial charge on any atom is -0.490 e. The summed E-state index contributed by atoms with van der Waals surface area (Å²) in [5.74, 6) is -0.197. The van der Waals surface area contributed by atoms with E-state index in [0.29, 0.717) is 34.0 Å². The molecule has 0 radical (unpaired) electrons. The predicted octanol–water partition coefficient (Wildman–Crippen LogP) is 5.59. The molecule has 0 saturated carbocycles. The number of benzene rings is 1. The molecule has 8 nitrogen and oxygen atoms in total. The molecule has 0 unspecified atom stereocenters. The Morgan fingerprint density at radius 1 is 1.25 bits per heavy atom. The quantitative estimate of drug-likeness (QED) is 0.322. The second kappa shape index (κ2) is 10.1. The molecule has 0 bridgehead atoms. The molecule has 1 aromatic carbocycles. The van der Waals surface area contributed by atoms with Crippen molar-refractivity contribution in [1.82, 2.24) is 19.4 Å². The van der Waals surface area contributed by atoms with Crippen LogP contribution in [0.3, 0.4) is 0 Å². The molecule has 188 valence electrons. The molecule has 0 aliphatic carbocycles. The number of aromatic nitrogens is 4. The first kappa shape index (κ1) is 25.4. The first-order chi connectivity index (χ1) is 17.1. The topological polar surface area (TPSA) is 105 Å². The number of carbonyl (C=O) groups excluding carboxylic acids is 1. The van der Waals surface area contributed by atoms with E-state index in [9.17, 15) is 4.79 Å². The highest BCUT2D eigenvalue weighted by molar-refractivity contribution is 6.31. The smallest absolute Gasteiger partial charge is 0.356 e. The van der Waals surface area contributed by atoms with E-state index in [1.54, 1.807) is 31.5 Å². The number of nitrogen functional groups attached to an aromatic ring is 1. The van der Waals surface area contributed by atoms with Crippen LogP contribution in [0.15, 0.2) is 36.8 Å². The first-order valence-electron chi connectivity index (χ1n) is 11.5. The highest BCUT2D eigenvalue weighted by Crippen LogP contribution is 2.44. The van der Waals surface area contributed by atoms with Gasteiger partial charge in [-0.05, 0) is 39.8 Å². The van der Waals surface area contributed by atoms with Crippen molar-refractivity contribution in [2.75, 3.05) is 12.3 Å². The van der Waals surface area contributed by atoms with Gasteiger partial charge in [0.1, 0.15) is 28.6 Å². The van der Waals surface area contributed by atoms with E-state index in [-0.39, 0.29) is 34.9 Å². The van der Waals surface area contributed by atoms with Crippen LogP contribution < -0.4 is 10.5 Å². The summed E-state index contributed by atoms with van der Waals surface area (Å²) in [7, 11) is 0. The van der Waals surface area contributed by atoms with Crippen LogP contribution in [-0.4, -0.2) is 38.0 Å². The summed E-state index contributed by atoms with van der Waals surface area (Å²) in [6.07, 6.45) is 4.53. The normalized spacial score (nSPS) is 12.2. The molecule has 36 heavy (non-hydrogen) atoms. The number of rotatable bonds is 7. The summed E-state index contributed by atoms with van der Waals surface area (Å²) in [6.45, 7) is 9.44. The van der Waals surface area contributed by atoms with Gasteiger partial charge in [-0.2, -0.15) is 0 Å². The summed E-state index contributed by atoms with van der Waals surface area (Å²) in [4.78, 5) is 25.1. The van der Waals surface area contributed by atoms with Gasteiger partial charge in [0.2, 0.25) is 0 Å². The van der Waals surface area contributed by atoms with Gasteiger partial charge in [-0.25, -0.2) is 24.1 Å². The van der Waals surface area contributed by atoms with E-state index in [0.717, 1.165) is 5.69 Å². The molecule has 0 fully saturated rings. The van der Waals surface area contributed by atoms with Crippen molar-refractivity contribution in [3.05, 3.63) is 70.4 Å². The van der Waals surface area contributed by atoms with Crippen molar-refractivity contribution in [3.63, 3.8) is 0 Å². The molecule has 0 aliphatic rings. The van der Waals surface area contributed by atoms with Gasteiger partial charge in [0, 0.05) is 35.6 Å². The Hall–Kier alpha value is -3.72. The summed E-state index contributed by atoms with van der Waals surface area (Å²) < 4.78 is 28.6. The molecule has 3 aromatic heterocycles. The van der Waals surface area contributed by atoms with Gasteiger partial charge < -0.3 is 15.2 Å². The first-order valence-corrected chi connectivity index (χ1v) is 11.9. The molecule has 2 N–H and O–H groups in total. The molecule has 1 atom stereocenters. The second-order valence-corrected chi connectivity index (χ2v) is 9.00. The molecule has 0 aliphatic heterocycles. The predicted molar refractivity (Wildman–Crippen MR) is 136 cm³/mol. The minimum atomic E-state index is -0.647. The lowest BCUT2D eigenvalue weighted by molar-refractivity contribution is 0.0519. The third-order valence-corrected chi connectivity index (χ3v) is 6.00. The van der Waals surface area contributed by atoms with Crippen LogP contribution in [0, 0.1) is 12.7 Å². The average molecular weight is 512 g/mol. The Morgan fingerprint density at radius 3 is 2.64 bits per heavy atom. The summed E-state index contributed by atoms with van der Waals surface area (Å²) in [6, 6.07) is 4.64. The number of ether oxygens (including phenoxy) is 2. The van der Waals surface area contributed by atoms with Crippen LogP contribution in [0.25, 0.3) is 16.6 Å². The van der Waals surface area contributed by atoms with E-state index in [4.69, 9.17) is 31.8 Å². The number of hydrogen-bond acceptors (Lipinski definition) is 7. The van der Waals surface area contributed by atoms with Gasteiger partial charge in [-0.3, -0.25) is 4.40 Å². The summed E-state index contributed by atoms with van der Waals surface area (Å²) >= 11 is 6.40.